The Morgan fingerprint density at radius 2 is 1.93 bits per heavy atom. The number of esters is 1. The van der Waals surface area contributed by atoms with E-state index in [0.29, 0.717) is 5.69 Å². The lowest BCUT2D eigenvalue weighted by molar-refractivity contribution is -0.385. The highest BCUT2D eigenvalue weighted by Crippen LogP contribution is 2.45. The molecule has 1 fully saturated rings. The summed E-state index contributed by atoms with van der Waals surface area (Å²) in [4.78, 5) is 50.6. The van der Waals surface area contributed by atoms with E-state index in [1.165, 1.54) is 24.3 Å². The minimum atomic E-state index is -1.79. The van der Waals surface area contributed by atoms with Crippen molar-refractivity contribution in [2.75, 3.05) is 12.0 Å². The topological polar surface area (TPSA) is 131 Å². The Kier molecular flexibility index (Phi) is 4.11. The highest BCUT2D eigenvalue weighted by molar-refractivity contribution is 6.47. The minimum Gasteiger partial charge on any atom is -0.464 e. The first-order chi connectivity index (χ1) is 13.9. The average molecular weight is 394 g/mol. The molecular weight excluding hydrogens is 380 g/mol. The highest BCUT2D eigenvalue weighted by Gasteiger charge is 2.67. The number of rotatable bonds is 4. The van der Waals surface area contributed by atoms with Crippen molar-refractivity contribution >= 4 is 34.9 Å². The van der Waals surface area contributed by atoms with Crippen LogP contribution < -0.4 is 10.3 Å². The number of nitro benzene ring substituents is 1. The molecule has 0 aromatic heterocycles. The molecule has 1 N–H and O–H groups in total. The molecule has 2 aromatic carbocycles. The van der Waals surface area contributed by atoms with Crippen LogP contribution in [0.5, 0.6) is 0 Å². The maximum absolute atomic E-state index is 13.5. The molecule has 0 aliphatic carbocycles. The number of imide groups is 1. The SMILES string of the molecule is COC(=O)C1=NN[C@]2(c3cccc([N+](=O)[O-])c3)C(=O)N(c3ccccc3)C(=O)[C@H]12. The monoisotopic (exact) mass is 394 g/mol. The van der Waals surface area contributed by atoms with Crippen LogP contribution in [0, 0.1) is 16.0 Å². The summed E-state index contributed by atoms with van der Waals surface area (Å²) in [6, 6.07) is 13.5. The second kappa shape index (κ2) is 6.51. The van der Waals surface area contributed by atoms with Crippen molar-refractivity contribution in [3.63, 3.8) is 0 Å². The lowest BCUT2D eigenvalue weighted by Gasteiger charge is -2.26. The quantitative estimate of drug-likeness (QED) is 0.356. The molecule has 2 aliphatic rings. The predicted octanol–water partition coefficient (Wildman–Crippen LogP) is 1.11. The molecule has 1 saturated heterocycles. The van der Waals surface area contributed by atoms with Crippen molar-refractivity contribution < 1.29 is 24.0 Å². The van der Waals surface area contributed by atoms with Crippen LogP contribution in [0.3, 0.4) is 0 Å². The molecule has 146 valence electrons. The van der Waals surface area contributed by atoms with Crippen LogP contribution in [-0.4, -0.2) is 35.5 Å². The number of methoxy groups -OCH3 is 1. The third-order valence-corrected chi connectivity index (χ3v) is 4.99. The van der Waals surface area contributed by atoms with Crippen molar-refractivity contribution in [2.45, 2.75) is 5.54 Å². The number of carbonyl (C=O) groups is 3. The summed E-state index contributed by atoms with van der Waals surface area (Å²) >= 11 is 0. The zero-order chi connectivity index (χ0) is 20.8. The molecule has 2 aliphatic heterocycles. The smallest absolute Gasteiger partial charge is 0.355 e. The summed E-state index contributed by atoms with van der Waals surface area (Å²) in [6.07, 6.45) is 0. The van der Waals surface area contributed by atoms with Gasteiger partial charge in [-0.3, -0.25) is 25.1 Å². The summed E-state index contributed by atoms with van der Waals surface area (Å²) in [7, 11) is 1.13. The van der Waals surface area contributed by atoms with Crippen LogP contribution in [0.1, 0.15) is 5.56 Å². The third kappa shape index (κ3) is 2.49. The van der Waals surface area contributed by atoms with Gasteiger partial charge >= 0.3 is 5.97 Å². The Morgan fingerprint density at radius 1 is 1.21 bits per heavy atom. The largest absolute Gasteiger partial charge is 0.464 e. The van der Waals surface area contributed by atoms with Crippen LogP contribution in [0.15, 0.2) is 59.7 Å². The van der Waals surface area contributed by atoms with Crippen molar-refractivity contribution in [1.82, 2.24) is 5.43 Å². The fraction of sp³-hybridized carbons (Fsp3) is 0.158. The molecule has 4 rings (SSSR count). The number of hydrazone groups is 1. The van der Waals surface area contributed by atoms with E-state index < -0.39 is 34.2 Å². The van der Waals surface area contributed by atoms with Gasteiger partial charge < -0.3 is 4.74 Å². The molecular formula is C19H14N4O6. The average Bonchev–Trinajstić information content (AvgIpc) is 3.24. The number of anilines is 1. The van der Waals surface area contributed by atoms with Gasteiger partial charge in [-0.1, -0.05) is 30.3 Å². The molecule has 2 aromatic rings. The summed E-state index contributed by atoms with van der Waals surface area (Å²) in [5.74, 6) is -3.57. The highest BCUT2D eigenvalue weighted by atomic mass is 16.6. The number of carbonyl (C=O) groups excluding carboxylic acids is 3. The first-order valence-corrected chi connectivity index (χ1v) is 8.53. The van der Waals surface area contributed by atoms with Crippen LogP contribution >= 0.6 is 0 Å². The van der Waals surface area contributed by atoms with Gasteiger partial charge in [0.2, 0.25) is 5.91 Å². The zero-order valence-corrected chi connectivity index (χ0v) is 15.1. The number of nitro groups is 1. The van der Waals surface area contributed by atoms with Crippen molar-refractivity contribution in [1.29, 1.82) is 0 Å². The van der Waals surface area contributed by atoms with E-state index in [0.717, 1.165) is 12.0 Å². The minimum absolute atomic E-state index is 0.149. The fourth-order valence-corrected chi connectivity index (χ4v) is 3.67. The zero-order valence-electron chi connectivity index (χ0n) is 15.1. The second-order valence-corrected chi connectivity index (χ2v) is 6.46. The van der Waals surface area contributed by atoms with Crippen LogP contribution in [0.25, 0.3) is 0 Å². The summed E-state index contributed by atoms with van der Waals surface area (Å²) in [5, 5.41) is 15.1. The van der Waals surface area contributed by atoms with Gasteiger partial charge in [-0.05, 0) is 17.7 Å². The molecule has 0 radical (unpaired) electrons. The molecule has 0 bridgehead atoms. The lowest BCUT2D eigenvalue weighted by atomic mass is 9.78. The van der Waals surface area contributed by atoms with Gasteiger partial charge in [0, 0.05) is 12.1 Å². The van der Waals surface area contributed by atoms with Gasteiger partial charge in [0.1, 0.15) is 5.92 Å². The van der Waals surface area contributed by atoms with E-state index in [-0.39, 0.29) is 17.0 Å². The van der Waals surface area contributed by atoms with Gasteiger partial charge in [-0.2, -0.15) is 5.10 Å². The molecule has 10 nitrogen and oxygen atoms in total. The predicted molar refractivity (Wildman–Crippen MR) is 99.8 cm³/mol. The Morgan fingerprint density at radius 3 is 2.59 bits per heavy atom. The standard InChI is InChI=1S/C19H14N4O6/c1-29-17(25)15-14-16(24)22(12-7-3-2-4-8-12)18(26)19(14,21-20-15)11-6-5-9-13(10-11)23(27)28/h2-10,14,21H,1H3/t14-,19-/m0/s1. The maximum atomic E-state index is 13.5. The molecule has 2 atom stereocenters. The molecule has 2 heterocycles. The number of non-ortho nitro benzene ring substituents is 1. The first-order valence-electron chi connectivity index (χ1n) is 8.53. The molecule has 10 heteroatoms. The van der Waals surface area contributed by atoms with Gasteiger partial charge in [0.05, 0.1) is 17.7 Å². The molecule has 0 unspecified atom stereocenters. The van der Waals surface area contributed by atoms with E-state index in [9.17, 15) is 24.5 Å². The Hall–Kier alpha value is -4.08. The maximum Gasteiger partial charge on any atom is 0.355 e. The van der Waals surface area contributed by atoms with Crippen molar-refractivity contribution in [2.24, 2.45) is 11.0 Å². The van der Waals surface area contributed by atoms with E-state index >= 15 is 0 Å². The fourth-order valence-electron chi connectivity index (χ4n) is 3.67. The third-order valence-electron chi connectivity index (χ3n) is 4.99. The summed E-state index contributed by atoms with van der Waals surface area (Å²) < 4.78 is 4.71. The molecule has 0 saturated carbocycles. The number of hydrogen-bond acceptors (Lipinski definition) is 8. The van der Waals surface area contributed by atoms with Gasteiger partial charge in [-0.15, -0.1) is 0 Å². The van der Waals surface area contributed by atoms with Crippen LogP contribution in [0.4, 0.5) is 11.4 Å². The van der Waals surface area contributed by atoms with E-state index in [2.05, 4.69) is 10.5 Å². The Balaban J connectivity index is 1.92. The summed E-state index contributed by atoms with van der Waals surface area (Å²) in [6.45, 7) is 0. The number of nitrogens with zero attached hydrogens (tertiary/aromatic N) is 3. The number of ether oxygens (including phenoxy) is 1. The normalized spacial score (nSPS) is 22.7. The van der Waals surface area contributed by atoms with E-state index in [1.54, 1.807) is 30.3 Å². The number of amides is 2. The number of para-hydroxylation sites is 1. The Labute approximate surface area is 163 Å². The number of nitrogens with one attached hydrogen (secondary N) is 1. The molecule has 0 spiro atoms. The first kappa shape index (κ1) is 18.3. The Bertz CT molecular complexity index is 1080. The van der Waals surface area contributed by atoms with Crippen LogP contribution in [-0.2, 0) is 24.7 Å². The second-order valence-electron chi connectivity index (χ2n) is 6.46. The van der Waals surface area contributed by atoms with Crippen molar-refractivity contribution in [3.8, 4) is 0 Å². The summed E-state index contributed by atoms with van der Waals surface area (Å²) in [5.41, 5.74) is 0.755. The number of benzene rings is 2. The van der Waals surface area contributed by atoms with E-state index in [1.807, 2.05) is 0 Å². The van der Waals surface area contributed by atoms with E-state index in [4.69, 9.17) is 4.74 Å². The number of fused-ring (bicyclic) bond motifs is 1. The van der Waals surface area contributed by atoms with Gasteiger partial charge in [0.15, 0.2) is 11.3 Å². The lowest BCUT2D eigenvalue weighted by Crippen LogP contribution is -2.48. The molecule has 29 heavy (non-hydrogen) atoms. The van der Waals surface area contributed by atoms with Crippen LogP contribution in [0.2, 0.25) is 0 Å². The molecule has 2 amide bonds. The van der Waals surface area contributed by atoms with Crippen molar-refractivity contribution in [3.05, 3.63) is 70.3 Å². The van der Waals surface area contributed by atoms with Gasteiger partial charge in [-0.25, -0.2) is 9.69 Å². The van der Waals surface area contributed by atoms with Gasteiger partial charge in [0.25, 0.3) is 11.6 Å². The number of hydrogen-bond donors (Lipinski definition) is 1.